The van der Waals surface area contributed by atoms with Gasteiger partial charge in [0.25, 0.3) is 11.8 Å². The van der Waals surface area contributed by atoms with Crippen LogP contribution in [0.4, 0.5) is 4.39 Å². The van der Waals surface area contributed by atoms with E-state index in [4.69, 9.17) is 9.15 Å². The van der Waals surface area contributed by atoms with Gasteiger partial charge < -0.3 is 19.8 Å². The number of nitrogens with one attached hydrogen (secondary N) is 2. The average molecular weight is 475 g/mol. The smallest absolute Gasteiger partial charge is 0.255 e. The van der Waals surface area contributed by atoms with Gasteiger partial charge in [0.1, 0.15) is 22.9 Å². The molecule has 4 aromatic rings. The third kappa shape index (κ3) is 4.89. The van der Waals surface area contributed by atoms with E-state index in [0.717, 1.165) is 11.1 Å². The van der Waals surface area contributed by atoms with E-state index in [-0.39, 0.29) is 17.6 Å². The van der Waals surface area contributed by atoms with Crippen molar-refractivity contribution in [1.29, 1.82) is 0 Å². The zero-order chi connectivity index (χ0) is 25.1. The highest BCUT2D eigenvalue weighted by molar-refractivity contribution is 6.12. The van der Waals surface area contributed by atoms with Gasteiger partial charge in [-0.2, -0.15) is 0 Å². The third-order valence-corrected chi connectivity index (χ3v) is 5.70. The first-order chi connectivity index (χ1) is 16.8. The summed E-state index contributed by atoms with van der Waals surface area (Å²) in [6.07, 6.45) is 0. The molecular formula is C28H27FN2O4. The van der Waals surface area contributed by atoms with E-state index in [9.17, 15) is 14.0 Å². The first-order valence-electron chi connectivity index (χ1n) is 11.3. The number of carbonyl (C=O) groups is 2. The summed E-state index contributed by atoms with van der Waals surface area (Å²) in [6.45, 7) is 4.60. The van der Waals surface area contributed by atoms with Gasteiger partial charge in [0.05, 0.1) is 18.2 Å². The normalized spacial score (nSPS) is 11.0. The van der Waals surface area contributed by atoms with Crippen molar-refractivity contribution in [2.24, 2.45) is 5.92 Å². The fourth-order valence-electron chi connectivity index (χ4n) is 3.89. The summed E-state index contributed by atoms with van der Waals surface area (Å²) in [6, 6.07) is 16.7. The quantitative estimate of drug-likeness (QED) is 0.362. The van der Waals surface area contributed by atoms with Crippen molar-refractivity contribution in [2.45, 2.75) is 13.8 Å². The maximum absolute atomic E-state index is 13.5. The molecule has 180 valence electrons. The summed E-state index contributed by atoms with van der Waals surface area (Å²) in [5, 5.41) is 6.20. The van der Waals surface area contributed by atoms with Crippen LogP contribution in [0.25, 0.3) is 33.4 Å². The van der Waals surface area contributed by atoms with Crippen LogP contribution in [0.15, 0.2) is 65.1 Å². The van der Waals surface area contributed by atoms with Crippen molar-refractivity contribution in [3.63, 3.8) is 0 Å². The minimum absolute atomic E-state index is 0.216. The number of furan rings is 1. The van der Waals surface area contributed by atoms with Gasteiger partial charge in [0.2, 0.25) is 0 Å². The highest BCUT2D eigenvalue weighted by Gasteiger charge is 2.22. The zero-order valence-corrected chi connectivity index (χ0v) is 20.1. The van der Waals surface area contributed by atoms with Gasteiger partial charge in [-0.15, -0.1) is 0 Å². The summed E-state index contributed by atoms with van der Waals surface area (Å²) in [5.41, 5.74) is 3.49. The number of ether oxygens (including phenoxy) is 1. The Labute approximate surface area is 203 Å². The Hall–Kier alpha value is -4.13. The molecule has 0 saturated carbocycles. The largest absolute Gasteiger partial charge is 0.496 e. The van der Waals surface area contributed by atoms with Gasteiger partial charge in [-0.1, -0.05) is 26.0 Å². The van der Waals surface area contributed by atoms with Crippen LogP contribution < -0.4 is 15.4 Å². The Kier molecular flexibility index (Phi) is 6.87. The monoisotopic (exact) mass is 474 g/mol. The van der Waals surface area contributed by atoms with Crippen LogP contribution in [0.2, 0.25) is 0 Å². The number of amides is 2. The number of hydrogen-bond donors (Lipinski definition) is 2. The van der Waals surface area contributed by atoms with Gasteiger partial charge in [-0.25, -0.2) is 4.39 Å². The Balaban J connectivity index is 1.82. The summed E-state index contributed by atoms with van der Waals surface area (Å²) in [7, 11) is 3.07. The number of rotatable bonds is 7. The van der Waals surface area contributed by atoms with Crippen molar-refractivity contribution in [3.8, 4) is 28.2 Å². The lowest BCUT2D eigenvalue weighted by Gasteiger charge is -2.13. The maximum atomic E-state index is 13.5. The second-order valence-electron chi connectivity index (χ2n) is 8.62. The molecule has 2 N–H and O–H groups in total. The van der Waals surface area contributed by atoms with E-state index < -0.39 is 0 Å². The first kappa shape index (κ1) is 24.0. The van der Waals surface area contributed by atoms with Crippen LogP contribution >= 0.6 is 0 Å². The molecule has 0 bridgehead atoms. The van der Waals surface area contributed by atoms with E-state index in [1.165, 1.54) is 19.2 Å². The van der Waals surface area contributed by atoms with Gasteiger partial charge in [-0.3, -0.25) is 9.59 Å². The fourth-order valence-corrected chi connectivity index (χ4v) is 3.89. The molecule has 7 heteroatoms. The second-order valence-corrected chi connectivity index (χ2v) is 8.62. The second kappa shape index (κ2) is 10.0. The molecule has 6 nitrogen and oxygen atoms in total. The highest BCUT2D eigenvalue weighted by Crippen LogP contribution is 2.37. The van der Waals surface area contributed by atoms with Crippen molar-refractivity contribution in [1.82, 2.24) is 10.6 Å². The Bertz CT molecular complexity index is 1390. The topological polar surface area (TPSA) is 80.6 Å². The van der Waals surface area contributed by atoms with E-state index in [1.54, 1.807) is 37.4 Å². The fraction of sp³-hybridized carbons (Fsp3) is 0.214. The van der Waals surface area contributed by atoms with Gasteiger partial charge >= 0.3 is 0 Å². The summed E-state index contributed by atoms with van der Waals surface area (Å²) < 4.78 is 24.9. The average Bonchev–Trinajstić information content (AvgIpc) is 3.25. The number of methoxy groups -OCH3 is 1. The molecule has 0 saturated heterocycles. The molecule has 1 aromatic heterocycles. The van der Waals surface area contributed by atoms with Crippen molar-refractivity contribution >= 4 is 22.8 Å². The van der Waals surface area contributed by atoms with E-state index in [0.29, 0.717) is 51.6 Å². The molecule has 0 unspecified atom stereocenters. The van der Waals surface area contributed by atoms with Crippen molar-refractivity contribution in [2.75, 3.05) is 20.7 Å². The Morgan fingerprint density at radius 1 is 0.943 bits per heavy atom. The molecule has 0 fully saturated rings. The zero-order valence-electron chi connectivity index (χ0n) is 20.1. The molecule has 4 rings (SSSR count). The molecule has 0 radical (unpaired) electrons. The summed E-state index contributed by atoms with van der Waals surface area (Å²) >= 11 is 0. The summed E-state index contributed by atoms with van der Waals surface area (Å²) in [4.78, 5) is 25.6. The molecule has 0 aliphatic rings. The van der Waals surface area contributed by atoms with Crippen LogP contribution in [0, 0.1) is 11.7 Å². The van der Waals surface area contributed by atoms with Crippen LogP contribution in [0.5, 0.6) is 5.75 Å². The number of fused-ring (bicyclic) bond motifs is 1. The van der Waals surface area contributed by atoms with E-state index in [2.05, 4.69) is 10.6 Å². The van der Waals surface area contributed by atoms with Crippen LogP contribution in [0.3, 0.4) is 0 Å². The lowest BCUT2D eigenvalue weighted by Crippen LogP contribution is -2.27. The Morgan fingerprint density at radius 3 is 2.26 bits per heavy atom. The minimum Gasteiger partial charge on any atom is -0.496 e. The van der Waals surface area contributed by atoms with Gasteiger partial charge in [0.15, 0.2) is 0 Å². The maximum Gasteiger partial charge on any atom is 0.255 e. The van der Waals surface area contributed by atoms with Crippen molar-refractivity contribution in [3.05, 3.63) is 77.6 Å². The van der Waals surface area contributed by atoms with Crippen molar-refractivity contribution < 1.29 is 23.1 Å². The molecule has 0 spiro atoms. The van der Waals surface area contributed by atoms with Gasteiger partial charge in [0, 0.05) is 24.5 Å². The molecule has 1 heterocycles. The highest BCUT2D eigenvalue weighted by atomic mass is 19.1. The van der Waals surface area contributed by atoms with Crippen LogP contribution in [0.1, 0.15) is 34.6 Å². The SMILES string of the molecule is CNC(=O)c1c(-c2ccc(F)cc2)oc2ccc(-c3ccc(OC)c(C(=O)NCC(C)C)c3)cc12. The number of benzene rings is 3. The number of carbonyl (C=O) groups excluding carboxylic acids is 2. The predicted octanol–water partition coefficient (Wildman–Crippen LogP) is 5.66. The van der Waals surface area contributed by atoms with Crippen LogP contribution in [-0.2, 0) is 0 Å². The van der Waals surface area contributed by atoms with E-state index >= 15 is 0 Å². The summed E-state index contributed by atoms with van der Waals surface area (Å²) in [5.74, 6) is 0.246. The molecule has 0 atom stereocenters. The lowest BCUT2D eigenvalue weighted by molar-refractivity contribution is 0.0943. The Morgan fingerprint density at radius 2 is 1.60 bits per heavy atom. The lowest BCUT2D eigenvalue weighted by atomic mass is 9.98. The number of halogens is 1. The first-order valence-corrected chi connectivity index (χ1v) is 11.3. The number of hydrogen-bond acceptors (Lipinski definition) is 4. The van der Waals surface area contributed by atoms with E-state index in [1.807, 2.05) is 32.0 Å². The molecule has 3 aromatic carbocycles. The van der Waals surface area contributed by atoms with Crippen LogP contribution in [-0.4, -0.2) is 32.5 Å². The molecule has 0 aliphatic carbocycles. The third-order valence-electron chi connectivity index (χ3n) is 5.70. The molecular weight excluding hydrogens is 447 g/mol. The standard InChI is InChI=1S/C28H27FN2O4/c1-16(2)15-31-27(32)22-14-19(7-11-23(22)34-4)18-8-12-24-21(13-18)25(28(33)30-3)26(35-24)17-5-9-20(29)10-6-17/h5-14,16H,15H2,1-4H3,(H,30,33)(H,31,32). The predicted molar refractivity (Wildman–Crippen MR) is 134 cm³/mol. The molecule has 0 aliphatic heterocycles. The van der Waals surface area contributed by atoms with Gasteiger partial charge in [-0.05, 0) is 65.6 Å². The molecule has 2 amide bonds. The minimum atomic E-state index is -0.374. The molecule has 35 heavy (non-hydrogen) atoms.